The van der Waals surface area contributed by atoms with Crippen molar-refractivity contribution in [3.63, 3.8) is 0 Å². The van der Waals surface area contributed by atoms with Crippen molar-refractivity contribution in [1.82, 2.24) is 15.1 Å². The van der Waals surface area contributed by atoms with Crippen LogP contribution in [0.4, 0.5) is 0 Å². The smallest absolute Gasteiger partial charge is 0.0558 e. The first kappa shape index (κ1) is 18.7. The number of hydrogen-bond donors (Lipinski definition) is 5. The van der Waals surface area contributed by atoms with Crippen LogP contribution < -0.4 is 5.32 Å². The van der Waals surface area contributed by atoms with E-state index >= 15 is 0 Å². The van der Waals surface area contributed by atoms with Gasteiger partial charge < -0.3 is 25.7 Å². The highest BCUT2D eigenvalue weighted by atomic mass is 16.3. The standard InChI is InChI=1S/C12H29N3O4.H2/c16-9-5-14(6-10-17)3-1-13-2-4-15(7-11-18)8-12-19;/h13,16-19H,1-12H2;1H. The number of nitrogens with one attached hydrogen (secondary N) is 1. The normalized spacial score (nSPS) is 11.7. The van der Waals surface area contributed by atoms with E-state index in [0.717, 1.165) is 26.2 Å². The summed E-state index contributed by atoms with van der Waals surface area (Å²) < 4.78 is 0. The lowest BCUT2D eigenvalue weighted by Crippen LogP contribution is -2.39. The van der Waals surface area contributed by atoms with Gasteiger partial charge in [-0.3, -0.25) is 9.80 Å². The van der Waals surface area contributed by atoms with Gasteiger partial charge in [-0.15, -0.1) is 0 Å². The summed E-state index contributed by atoms with van der Waals surface area (Å²) in [6, 6.07) is 0. The largest absolute Gasteiger partial charge is 0.395 e. The van der Waals surface area contributed by atoms with Gasteiger partial charge in [-0.1, -0.05) is 0 Å². The molecule has 0 saturated heterocycles. The molecule has 0 heterocycles. The highest BCUT2D eigenvalue weighted by Gasteiger charge is 2.04. The van der Waals surface area contributed by atoms with Gasteiger partial charge in [-0.25, -0.2) is 0 Å². The van der Waals surface area contributed by atoms with Crippen LogP contribution in [0.15, 0.2) is 0 Å². The lowest BCUT2D eigenvalue weighted by molar-refractivity contribution is 0.155. The molecule has 0 fully saturated rings. The van der Waals surface area contributed by atoms with Crippen molar-refractivity contribution in [3.05, 3.63) is 0 Å². The second-order valence-corrected chi connectivity index (χ2v) is 4.33. The molecule has 118 valence electrons. The highest BCUT2D eigenvalue weighted by molar-refractivity contribution is 4.62. The Morgan fingerprint density at radius 2 is 0.895 bits per heavy atom. The van der Waals surface area contributed by atoms with E-state index in [-0.39, 0.29) is 27.9 Å². The summed E-state index contributed by atoms with van der Waals surface area (Å²) in [5.41, 5.74) is 0. The van der Waals surface area contributed by atoms with Gasteiger partial charge >= 0.3 is 0 Å². The Kier molecular flexibility index (Phi) is 13.9. The molecule has 0 unspecified atom stereocenters. The fourth-order valence-corrected chi connectivity index (χ4v) is 1.84. The van der Waals surface area contributed by atoms with Crippen LogP contribution in [-0.2, 0) is 0 Å². The van der Waals surface area contributed by atoms with Crippen molar-refractivity contribution in [2.24, 2.45) is 0 Å². The van der Waals surface area contributed by atoms with Crippen LogP contribution >= 0.6 is 0 Å². The summed E-state index contributed by atoms with van der Waals surface area (Å²) in [6.07, 6.45) is 0. The molecule has 0 aromatic heterocycles. The number of hydrogen-bond acceptors (Lipinski definition) is 7. The van der Waals surface area contributed by atoms with Gasteiger partial charge in [0.1, 0.15) is 0 Å². The Morgan fingerprint density at radius 1 is 0.579 bits per heavy atom. The summed E-state index contributed by atoms with van der Waals surface area (Å²) >= 11 is 0. The molecule has 19 heavy (non-hydrogen) atoms. The summed E-state index contributed by atoms with van der Waals surface area (Å²) in [7, 11) is 0. The Morgan fingerprint density at radius 3 is 1.16 bits per heavy atom. The molecule has 0 rings (SSSR count). The van der Waals surface area contributed by atoms with Crippen LogP contribution in [0.25, 0.3) is 0 Å². The first-order valence-corrected chi connectivity index (χ1v) is 6.87. The lowest BCUT2D eigenvalue weighted by atomic mass is 10.4. The van der Waals surface area contributed by atoms with Crippen LogP contribution in [0, 0.1) is 0 Å². The molecule has 0 aliphatic rings. The zero-order valence-electron chi connectivity index (χ0n) is 11.7. The van der Waals surface area contributed by atoms with Gasteiger partial charge in [0.25, 0.3) is 0 Å². The minimum atomic E-state index is 0. The molecule has 5 N–H and O–H groups in total. The van der Waals surface area contributed by atoms with Gasteiger partial charge in [0, 0.05) is 53.8 Å². The van der Waals surface area contributed by atoms with Crippen molar-refractivity contribution in [2.75, 3.05) is 78.8 Å². The highest BCUT2D eigenvalue weighted by Crippen LogP contribution is 1.87. The number of aliphatic hydroxyl groups is 4. The number of aliphatic hydroxyl groups excluding tert-OH is 4. The summed E-state index contributed by atoms with van der Waals surface area (Å²) in [6.45, 7) is 5.81. The van der Waals surface area contributed by atoms with Crippen molar-refractivity contribution in [1.29, 1.82) is 0 Å². The first-order valence-electron chi connectivity index (χ1n) is 6.87. The van der Waals surface area contributed by atoms with Crippen molar-refractivity contribution in [3.8, 4) is 0 Å². The monoisotopic (exact) mass is 281 g/mol. The second kappa shape index (κ2) is 14.1. The van der Waals surface area contributed by atoms with Gasteiger partial charge in [0.2, 0.25) is 0 Å². The van der Waals surface area contributed by atoms with E-state index in [0.29, 0.717) is 26.2 Å². The minimum absolute atomic E-state index is 0. The third kappa shape index (κ3) is 11.3. The Balaban J connectivity index is 0. The molecular weight excluding hydrogens is 250 g/mol. The van der Waals surface area contributed by atoms with E-state index in [1.807, 2.05) is 9.80 Å². The van der Waals surface area contributed by atoms with Crippen LogP contribution in [-0.4, -0.2) is 109 Å². The predicted octanol–water partition coefficient (Wildman–Crippen LogP) is -2.60. The Hall–Kier alpha value is -0.280. The maximum Gasteiger partial charge on any atom is 0.0558 e. The zero-order valence-corrected chi connectivity index (χ0v) is 11.7. The zero-order chi connectivity index (χ0) is 14.3. The fraction of sp³-hybridized carbons (Fsp3) is 1.00. The Labute approximate surface area is 116 Å². The van der Waals surface area contributed by atoms with Gasteiger partial charge in [0.15, 0.2) is 0 Å². The van der Waals surface area contributed by atoms with Gasteiger partial charge in [-0.2, -0.15) is 0 Å². The maximum absolute atomic E-state index is 8.86. The molecule has 0 aliphatic carbocycles. The predicted molar refractivity (Wildman–Crippen MR) is 76.2 cm³/mol. The molecule has 0 atom stereocenters. The first-order chi connectivity index (χ1) is 9.28. The third-order valence-electron chi connectivity index (χ3n) is 2.87. The Bertz CT molecular complexity index is 162. The molecule has 0 aliphatic heterocycles. The number of rotatable bonds is 14. The minimum Gasteiger partial charge on any atom is -0.395 e. The molecule has 0 radical (unpaired) electrons. The van der Waals surface area contributed by atoms with Crippen LogP contribution in [0.5, 0.6) is 0 Å². The van der Waals surface area contributed by atoms with E-state index < -0.39 is 0 Å². The van der Waals surface area contributed by atoms with Gasteiger partial charge in [0.05, 0.1) is 26.4 Å². The third-order valence-corrected chi connectivity index (χ3v) is 2.87. The van der Waals surface area contributed by atoms with Gasteiger partial charge in [-0.05, 0) is 0 Å². The van der Waals surface area contributed by atoms with E-state index in [1.54, 1.807) is 0 Å². The van der Waals surface area contributed by atoms with Crippen LogP contribution in [0.1, 0.15) is 1.43 Å². The molecule has 0 spiro atoms. The maximum atomic E-state index is 8.86. The van der Waals surface area contributed by atoms with Crippen molar-refractivity contribution in [2.45, 2.75) is 0 Å². The topological polar surface area (TPSA) is 99.4 Å². The molecular formula is C12H31N3O4. The number of nitrogens with zero attached hydrogens (tertiary/aromatic N) is 2. The molecule has 0 amide bonds. The summed E-state index contributed by atoms with van der Waals surface area (Å²) in [5, 5.41) is 38.7. The second-order valence-electron chi connectivity index (χ2n) is 4.33. The van der Waals surface area contributed by atoms with E-state index in [2.05, 4.69) is 5.32 Å². The molecule has 0 bridgehead atoms. The molecule has 0 saturated carbocycles. The van der Waals surface area contributed by atoms with E-state index in [9.17, 15) is 0 Å². The quantitative estimate of drug-likeness (QED) is 0.223. The van der Waals surface area contributed by atoms with E-state index in [4.69, 9.17) is 20.4 Å². The molecule has 7 heteroatoms. The van der Waals surface area contributed by atoms with Crippen molar-refractivity contribution < 1.29 is 21.9 Å². The van der Waals surface area contributed by atoms with Crippen LogP contribution in [0.3, 0.4) is 0 Å². The lowest BCUT2D eigenvalue weighted by Gasteiger charge is -2.22. The fourth-order valence-electron chi connectivity index (χ4n) is 1.84. The van der Waals surface area contributed by atoms with E-state index in [1.165, 1.54) is 0 Å². The molecule has 7 nitrogen and oxygen atoms in total. The molecule has 0 aromatic rings. The average molecular weight is 281 g/mol. The summed E-state index contributed by atoms with van der Waals surface area (Å²) in [4.78, 5) is 3.98. The molecule has 0 aromatic carbocycles. The summed E-state index contributed by atoms with van der Waals surface area (Å²) in [5.74, 6) is 0. The van der Waals surface area contributed by atoms with Crippen LogP contribution in [0.2, 0.25) is 0 Å². The average Bonchev–Trinajstić information content (AvgIpc) is 2.39. The van der Waals surface area contributed by atoms with Crippen molar-refractivity contribution >= 4 is 0 Å². The SMILES string of the molecule is OCCN(CCO)CCNCCN(CCO)CCO.[HH].